The number of carbonyl (C=O) groups excluding carboxylic acids is 1. The van der Waals surface area contributed by atoms with Crippen LogP contribution < -0.4 is 10.1 Å². The van der Waals surface area contributed by atoms with E-state index in [1.165, 1.54) is 0 Å². The standard InChI is InChI=1S/C19H23NO2/c1-12-9-13(2)11-17(10-12)22-16(5)19(21)20-18-8-6-7-14(3)15(18)4/h6-11,16H,1-5H3,(H,20,21)/t16-/m0/s1. The van der Waals surface area contributed by atoms with Crippen molar-refractivity contribution in [2.75, 3.05) is 5.32 Å². The Morgan fingerprint density at radius 3 is 2.32 bits per heavy atom. The molecule has 0 aliphatic carbocycles. The normalized spacial score (nSPS) is 11.9. The second-order valence-electron chi connectivity index (χ2n) is 5.82. The Morgan fingerprint density at radius 2 is 1.68 bits per heavy atom. The van der Waals surface area contributed by atoms with Gasteiger partial charge in [0, 0.05) is 5.69 Å². The molecule has 0 heterocycles. The Hall–Kier alpha value is -2.29. The first-order chi connectivity index (χ1) is 10.4. The van der Waals surface area contributed by atoms with Crippen LogP contribution in [0.5, 0.6) is 5.75 Å². The Labute approximate surface area is 132 Å². The van der Waals surface area contributed by atoms with Crippen molar-refractivity contribution in [2.45, 2.75) is 40.7 Å². The van der Waals surface area contributed by atoms with Gasteiger partial charge in [-0.15, -0.1) is 0 Å². The molecule has 0 bridgehead atoms. The minimum absolute atomic E-state index is 0.146. The number of carbonyl (C=O) groups is 1. The van der Waals surface area contributed by atoms with Crippen LogP contribution in [0.4, 0.5) is 5.69 Å². The SMILES string of the molecule is Cc1cc(C)cc(O[C@@H](C)C(=O)Nc2cccc(C)c2C)c1. The molecule has 0 spiro atoms. The third kappa shape index (κ3) is 3.88. The van der Waals surface area contributed by atoms with Crippen LogP contribution in [0.25, 0.3) is 0 Å². The maximum Gasteiger partial charge on any atom is 0.265 e. The molecular weight excluding hydrogens is 274 g/mol. The maximum atomic E-state index is 12.3. The number of ether oxygens (including phenoxy) is 1. The predicted molar refractivity (Wildman–Crippen MR) is 90.6 cm³/mol. The Bertz CT molecular complexity index is 672. The first kappa shape index (κ1) is 16.1. The monoisotopic (exact) mass is 297 g/mol. The van der Waals surface area contributed by atoms with E-state index >= 15 is 0 Å². The van der Waals surface area contributed by atoms with Gasteiger partial charge in [-0.3, -0.25) is 4.79 Å². The van der Waals surface area contributed by atoms with Gasteiger partial charge in [-0.05, 0) is 75.1 Å². The second-order valence-corrected chi connectivity index (χ2v) is 5.82. The summed E-state index contributed by atoms with van der Waals surface area (Å²) in [5, 5.41) is 2.94. The van der Waals surface area contributed by atoms with Crippen LogP contribution in [0.3, 0.4) is 0 Å². The summed E-state index contributed by atoms with van der Waals surface area (Å²) in [5.41, 5.74) is 5.31. The van der Waals surface area contributed by atoms with Gasteiger partial charge in [0.05, 0.1) is 0 Å². The molecule has 0 saturated heterocycles. The number of hydrogen-bond donors (Lipinski definition) is 1. The van der Waals surface area contributed by atoms with Crippen LogP contribution >= 0.6 is 0 Å². The molecule has 0 aromatic heterocycles. The van der Waals surface area contributed by atoms with Gasteiger partial charge in [-0.2, -0.15) is 0 Å². The van der Waals surface area contributed by atoms with E-state index in [0.29, 0.717) is 0 Å². The van der Waals surface area contributed by atoms with E-state index in [1.54, 1.807) is 6.92 Å². The van der Waals surface area contributed by atoms with Crippen molar-refractivity contribution in [3.8, 4) is 5.75 Å². The highest BCUT2D eigenvalue weighted by atomic mass is 16.5. The van der Waals surface area contributed by atoms with E-state index in [0.717, 1.165) is 33.7 Å². The van der Waals surface area contributed by atoms with Gasteiger partial charge in [0.1, 0.15) is 5.75 Å². The molecular formula is C19H23NO2. The number of anilines is 1. The topological polar surface area (TPSA) is 38.3 Å². The van der Waals surface area contributed by atoms with Crippen LogP contribution in [-0.4, -0.2) is 12.0 Å². The Kier molecular flexibility index (Phi) is 4.86. The summed E-state index contributed by atoms with van der Waals surface area (Å²) >= 11 is 0. The minimum atomic E-state index is -0.555. The van der Waals surface area contributed by atoms with Crippen molar-refractivity contribution in [2.24, 2.45) is 0 Å². The van der Waals surface area contributed by atoms with Gasteiger partial charge in [0.2, 0.25) is 0 Å². The molecule has 3 heteroatoms. The molecule has 0 radical (unpaired) electrons. The average Bonchev–Trinajstić information content (AvgIpc) is 2.42. The van der Waals surface area contributed by atoms with E-state index in [2.05, 4.69) is 11.4 Å². The fraction of sp³-hybridized carbons (Fsp3) is 0.316. The van der Waals surface area contributed by atoms with Gasteiger partial charge in [0.15, 0.2) is 6.10 Å². The summed E-state index contributed by atoms with van der Waals surface area (Å²) < 4.78 is 5.77. The third-order valence-electron chi connectivity index (χ3n) is 3.74. The zero-order chi connectivity index (χ0) is 16.3. The highest BCUT2D eigenvalue weighted by Crippen LogP contribution is 2.20. The van der Waals surface area contributed by atoms with E-state index < -0.39 is 6.10 Å². The summed E-state index contributed by atoms with van der Waals surface area (Å²) in [6, 6.07) is 11.8. The average molecular weight is 297 g/mol. The molecule has 1 amide bonds. The van der Waals surface area contributed by atoms with Crippen LogP contribution in [-0.2, 0) is 4.79 Å². The highest BCUT2D eigenvalue weighted by Gasteiger charge is 2.16. The lowest BCUT2D eigenvalue weighted by atomic mass is 10.1. The third-order valence-corrected chi connectivity index (χ3v) is 3.74. The van der Waals surface area contributed by atoms with E-state index in [9.17, 15) is 4.79 Å². The molecule has 116 valence electrons. The number of hydrogen-bond acceptors (Lipinski definition) is 2. The van der Waals surface area contributed by atoms with Crippen LogP contribution in [0, 0.1) is 27.7 Å². The molecule has 0 unspecified atom stereocenters. The minimum Gasteiger partial charge on any atom is -0.481 e. The van der Waals surface area contributed by atoms with E-state index in [-0.39, 0.29) is 5.91 Å². The smallest absolute Gasteiger partial charge is 0.265 e. The van der Waals surface area contributed by atoms with Crippen LogP contribution in [0.1, 0.15) is 29.2 Å². The largest absolute Gasteiger partial charge is 0.481 e. The number of nitrogens with one attached hydrogen (secondary N) is 1. The molecule has 2 aromatic rings. The molecule has 0 saturated carbocycles. The van der Waals surface area contributed by atoms with Crippen molar-refractivity contribution in [3.05, 3.63) is 58.7 Å². The Morgan fingerprint density at radius 1 is 1.05 bits per heavy atom. The van der Waals surface area contributed by atoms with Gasteiger partial charge in [-0.1, -0.05) is 18.2 Å². The molecule has 0 aliphatic rings. The second kappa shape index (κ2) is 6.65. The van der Waals surface area contributed by atoms with Crippen molar-refractivity contribution in [1.82, 2.24) is 0 Å². The van der Waals surface area contributed by atoms with Crippen LogP contribution in [0.15, 0.2) is 36.4 Å². The Balaban J connectivity index is 2.07. The maximum absolute atomic E-state index is 12.3. The molecule has 0 fully saturated rings. The molecule has 1 atom stereocenters. The number of amides is 1. The van der Waals surface area contributed by atoms with Gasteiger partial charge < -0.3 is 10.1 Å². The van der Waals surface area contributed by atoms with E-state index in [1.807, 2.05) is 58.0 Å². The molecule has 1 N–H and O–H groups in total. The van der Waals surface area contributed by atoms with E-state index in [4.69, 9.17) is 4.74 Å². The van der Waals surface area contributed by atoms with Crippen molar-refractivity contribution in [3.63, 3.8) is 0 Å². The fourth-order valence-corrected chi connectivity index (χ4v) is 2.38. The summed E-state index contributed by atoms with van der Waals surface area (Å²) in [7, 11) is 0. The van der Waals surface area contributed by atoms with Gasteiger partial charge >= 0.3 is 0 Å². The molecule has 2 rings (SSSR count). The molecule has 0 aliphatic heterocycles. The lowest BCUT2D eigenvalue weighted by molar-refractivity contribution is -0.122. The molecule has 22 heavy (non-hydrogen) atoms. The molecule has 3 nitrogen and oxygen atoms in total. The number of benzene rings is 2. The lowest BCUT2D eigenvalue weighted by Crippen LogP contribution is -2.30. The van der Waals surface area contributed by atoms with Gasteiger partial charge in [-0.25, -0.2) is 0 Å². The predicted octanol–water partition coefficient (Wildman–Crippen LogP) is 4.33. The summed E-state index contributed by atoms with van der Waals surface area (Å²) in [6.07, 6.45) is -0.555. The first-order valence-corrected chi connectivity index (χ1v) is 7.49. The van der Waals surface area contributed by atoms with Crippen molar-refractivity contribution < 1.29 is 9.53 Å². The van der Waals surface area contributed by atoms with Crippen molar-refractivity contribution >= 4 is 11.6 Å². The summed E-state index contributed by atoms with van der Waals surface area (Å²) in [6.45, 7) is 9.82. The number of aryl methyl sites for hydroxylation is 3. The zero-order valence-corrected chi connectivity index (χ0v) is 13.9. The lowest BCUT2D eigenvalue weighted by Gasteiger charge is -2.17. The van der Waals surface area contributed by atoms with Crippen LogP contribution in [0.2, 0.25) is 0 Å². The number of rotatable bonds is 4. The first-order valence-electron chi connectivity index (χ1n) is 7.49. The summed E-state index contributed by atoms with van der Waals surface area (Å²) in [5.74, 6) is 0.578. The molecule has 2 aromatic carbocycles. The van der Waals surface area contributed by atoms with Gasteiger partial charge in [0.25, 0.3) is 5.91 Å². The fourth-order valence-electron chi connectivity index (χ4n) is 2.38. The zero-order valence-electron chi connectivity index (χ0n) is 13.9. The highest BCUT2D eigenvalue weighted by molar-refractivity contribution is 5.94. The summed E-state index contributed by atoms with van der Waals surface area (Å²) in [4.78, 5) is 12.3. The quantitative estimate of drug-likeness (QED) is 0.912. The van der Waals surface area contributed by atoms with Crippen molar-refractivity contribution in [1.29, 1.82) is 0 Å².